The first-order chi connectivity index (χ1) is 11.4. The number of hydrogen-bond acceptors (Lipinski definition) is 4. The summed E-state index contributed by atoms with van der Waals surface area (Å²) in [6.07, 6.45) is -4.70. The van der Waals surface area contributed by atoms with Crippen LogP contribution in [0.5, 0.6) is 11.5 Å². The van der Waals surface area contributed by atoms with Crippen LogP contribution in [-0.4, -0.2) is 19.2 Å². The second-order valence-electron chi connectivity index (χ2n) is 4.87. The molecule has 0 saturated heterocycles. The Hall–Kier alpha value is -2.70. The summed E-state index contributed by atoms with van der Waals surface area (Å²) < 4.78 is 45.2. The minimum Gasteiger partial charge on any atom is -0.497 e. The van der Waals surface area contributed by atoms with Gasteiger partial charge >= 0.3 is 6.36 Å². The summed E-state index contributed by atoms with van der Waals surface area (Å²) in [4.78, 5) is 5.26. The number of halogens is 3. The molecule has 0 radical (unpaired) electrons. The Morgan fingerprint density at radius 2 is 1.54 bits per heavy atom. The Kier molecular flexibility index (Phi) is 5.68. The van der Waals surface area contributed by atoms with Gasteiger partial charge in [-0.05, 0) is 54.4 Å². The van der Waals surface area contributed by atoms with Crippen molar-refractivity contribution in [3.8, 4) is 11.5 Å². The molecule has 4 nitrogen and oxygen atoms in total. The molecule has 0 unspecified atom stereocenters. The molecule has 24 heavy (non-hydrogen) atoms. The normalized spacial score (nSPS) is 12.0. The van der Waals surface area contributed by atoms with Crippen LogP contribution < -0.4 is 9.47 Å². The summed E-state index contributed by atoms with van der Waals surface area (Å²) in [5, 5.41) is 3.96. The summed E-state index contributed by atoms with van der Waals surface area (Å²) in [5.41, 5.74) is 2.10. The highest BCUT2D eigenvalue weighted by molar-refractivity contribution is 5.98. The fourth-order valence-corrected chi connectivity index (χ4v) is 1.88. The van der Waals surface area contributed by atoms with E-state index in [1.54, 1.807) is 14.0 Å². The number of ether oxygens (including phenoxy) is 2. The van der Waals surface area contributed by atoms with Crippen LogP contribution in [0.3, 0.4) is 0 Å². The molecule has 2 aromatic rings. The number of nitrogens with zero attached hydrogens (tertiary/aromatic N) is 1. The van der Waals surface area contributed by atoms with Gasteiger partial charge < -0.3 is 14.3 Å². The van der Waals surface area contributed by atoms with Gasteiger partial charge in [0.2, 0.25) is 0 Å². The molecule has 2 rings (SSSR count). The lowest BCUT2D eigenvalue weighted by Gasteiger charge is -2.09. The van der Waals surface area contributed by atoms with Gasteiger partial charge in [0.15, 0.2) is 0 Å². The van der Waals surface area contributed by atoms with E-state index in [0.717, 1.165) is 11.3 Å². The standard InChI is InChI=1S/C17H16F3NO3/c1-12(14-5-9-16(10-6-14)24-17(18,19)20)21-23-11-13-3-7-15(22-2)8-4-13/h3-10H,11H2,1-2H3. The second kappa shape index (κ2) is 7.72. The third-order valence-corrected chi connectivity index (χ3v) is 3.10. The maximum absolute atomic E-state index is 12.1. The van der Waals surface area contributed by atoms with Crippen molar-refractivity contribution < 1.29 is 27.5 Å². The van der Waals surface area contributed by atoms with Crippen molar-refractivity contribution in [1.29, 1.82) is 0 Å². The highest BCUT2D eigenvalue weighted by atomic mass is 19.4. The topological polar surface area (TPSA) is 40.0 Å². The van der Waals surface area contributed by atoms with Crippen molar-refractivity contribution in [3.05, 3.63) is 59.7 Å². The molecule has 0 amide bonds. The Labute approximate surface area is 137 Å². The highest BCUT2D eigenvalue weighted by Crippen LogP contribution is 2.23. The van der Waals surface area contributed by atoms with Crippen LogP contribution >= 0.6 is 0 Å². The Balaban J connectivity index is 1.92. The van der Waals surface area contributed by atoms with Crippen LogP contribution in [0.15, 0.2) is 53.7 Å². The van der Waals surface area contributed by atoms with Crippen molar-refractivity contribution in [2.45, 2.75) is 19.9 Å². The average Bonchev–Trinajstić information content (AvgIpc) is 2.54. The molecule has 0 aliphatic carbocycles. The van der Waals surface area contributed by atoms with Crippen molar-refractivity contribution in [2.24, 2.45) is 5.16 Å². The smallest absolute Gasteiger partial charge is 0.497 e. The summed E-state index contributed by atoms with van der Waals surface area (Å²) in [6, 6.07) is 12.8. The molecule has 0 fully saturated rings. The van der Waals surface area contributed by atoms with Crippen molar-refractivity contribution in [2.75, 3.05) is 7.11 Å². The zero-order chi connectivity index (χ0) is 17.6. The summed E-state index contributed by atoms with van der Waals surface area (Å²) in [6.45, 7) is 1.98. The van der Waals surface area contributed by atoms with Gasteiger partial charge in [-0.15, -0.1) is 13.2 Å². The minimum atomic E-state index is -4.70. The predicted octanol–water partition coefficient (Wildman–Crippen LogP) is 4.53. The maximum atomic E-state index is 12.1. The van der Waals surface area contributed by atoms with Crippen molar-refractivity contribution in [3.63, 3.8) is 0 Å². The lowest BCUT2D eigenvalue weighted by atomic mass is 10.1. The van der Waals surface area contributed by atoms with Gasteiger partial charge in [0.25, 0.3) is 0 Å². The van der Waals surface area contributed by atoms with Gasteiger partial charge in [-0.2, -0.15) is 0 Å². The first kappa shape index (κ1) is 17.7. The SMILES string of the molecule is COc1ccc(CON=C(C)c2ccc(OC(F)(F)F)cc2)cc1. The fourth-order valence-electron chi connectivity index (χ4n) is 1.88. The van der Waals surface area contributed by atoms with Gasteiger partial charge in [-0.25, -0.2) is 0 Å². The van der Waals surface area contributed by atoms with Crippen molar-refractivity contribution in [1.82, 2.24) is 0 Å². The third kappa shape index (κ3) is 5.49. The molecule has 0 saturated carbocycles. The quantitative estimate of drug-likeness (QED) is 0.573. The van der Waals surface area contributed by atoms with E-state index >= 15 is 0 Å². The van der Waals surface area contributed by atoms with E-state index < -0.39 is 6.36 Å². The van der Waals surface area contributed by atoms with Gasteiger partial charge in [0, 0.05) is 0 Å². The van der Waals surface area contributed by atoms with Crippen LogP contribution in [0.2, 0.25) is 0 Å². The van der Waals surface area contributed by atoms with E-state index in [9.17, 15) is 13.2 Å². The summed E-state index contributed by atoms with van der Waals surface area (Å²) in [7, 11) is 1.59. The molecule has 0 aromatic heterocycles. The number of oxime groups is 1. The lowest BCUT2D eigenvalue weighted by molar-refractivity contribution is -0.274. The van der Waals surface area contributed by atoms with Gasteiger partial charge in [0.1, 0.15) is 18.1 Å². The zero-order valence-corrected chi connectivity index (χ0v) is 13.1. The van der Waals surface area contributed by atoms with Crippen LogP contribution in [-0.2, 0) is 11.4 Å². The number of hydrogen-bond donors (Lipinski definition) is 0. The largest absolute Gasteiger partial charge is 0.573 e. The Morgan fingerprint density at radius 3 is 2.08 bits per heavy atom. The lowest BCUT2D eigenvalue weighted by Crippen LogP contribution is -2.17. The van der Waals surface area contributed by atoms with E-state index in [-0.39, 0.29) is 12.4 Å². The van der Waals surface area contributed by atoms with Crippen LogP contribution in [0, 0.1) is 0 Å². The number of alkyl halides is 3. The highest BCUT2D eigenvalue weighted by Gasteiger charge is 2.30. The molecule has 2 aromatic carbocycles. The molecule has 0 atom stereocenters. The molecular weight excluding hydrogens is 323 g/mol. The van der Waals surface area contributed by atoms with E-state index in [0.29, 0.717) is 11.3 Å². The number of benzene rings is 2. The Bertz CT molecular complexity index is 680. The summed E-state index contributed by atoms with van der Waals surface area (Å²) >= 11 is 0. The van der Waals surface area contributed by atoms with E-state index in [1.165, 1.54) is 24.3 Å². The van der Waals surface area contributed by atoms with Crippen LogP contribution in [0.25, 0.3) is 0 Å². The second-order valence-corrected chi connectivity index (χ2v) is 4.87. The average molecular weight is 339 g/mol. The molecule has 0 N–H and O–H groups in total. The van der Waals surface area contributed by atoms with E-state index in [2.05, 4.69) is 9.89 Å². The fraction of sp³-hybridized carbons (Fsp3) is 0.235. The Morgan fingerprint density at radius 1 is 0.958 bits per heavy atom. The van der Waals surface area contributed by atoms with Gasteiger partial charge in [-0.1, -0.05) is 17.3 Å². The monoisotopic (exact) mass is 339 g/mol. The van der Waals surface area contributed by atoms with Gasteiger partial charge in [-0.3, -0.25) is 0 Å². The number of methoxy groups -OCH3 is 1. The van der Waals surface area contributed by atoms with Gasteiger partial charge in [0.05, 0.1) is 12.8 Å². The summed E-state index contributed by atoms with van der Waals surface area (Å²) in [5.74, 6) is 0.470. The first-order valence-corrected chi connectivity index (χ1v) is 7.03. The molecule has 0 aliphatic heterocycles. The minimum absolute atomic E-state index is 0.274. The molecular formula is C17H16F3NO3. The van der Waals surface area contributed by atoms with Crippen LogP contribution in [0.1, 0.15) is 18.1 Å². The molecule has 0 heterocycles. The zero-order valence-electron chi connectivity index (χ0n) is 13.1. The molecule has 0 spiro atoms. The predicted molar refractivity (Wildman–Crippen MR) is 83.1 cm³/mol. The number of rotatable bonds is 6. The molecule has 0 bridgehead atoms. The van der Waals surface area contributed by atoms with E-state index in [4.69, 9.17) is 9.57 Å². The maximum Gasteiger partial charge on any atom is 0.573 e. The van der Waals surface area contributed by atoms with E-state index in [1.807, 2.05) is 24.3 Å². The molecule has 7 heteroatoms. The van der Waals surface area contributed by atoms with Crippen molar-refractivity contribution >= 4 is 5.71 Å². The molecule has 0 aliphatic rings. The third-order valence-electron chi connectivity index (χ3n) is 3.10. The first-order valence-electron chi connectivity index (χ1n) is 7.03. The van der Waals surface area contributed by atoms with Crippen LogP contribution in [0.4, 0.5) is 13.2 Å². The molecule has 128 valence electrons.